The van der Waals surface area contributed by atoms with E-state index in [1.165, 1.54) is 91.3 Å². The molecule has 3 heteroatoms. The van der Waals surface area contributed by atoms with E-state index in [-0.39, 0.29) is 0 Å². The quantitative estimate of drug-likeness (QED) is 0.158. The van der Waals surface area contributed by atoms with Crippen LogP contribution in [-0.2, 0) is 0 Å². The van der Waals surface area contributed by atoms with Gasteiger partial charge in [-0.05, 0) is 144 Å². The molecule has 0 radical (unpaired) electrons. The number of benzene rings is 12. The van der Waals surface area contributed by atoms with E-state index in [2.05, 4.69) is 254 Å². The molecular formula is C66H41NOS. The second-order valence-corrected chi connectivity index (χ2v) is 19.1. The summed E-state index contributed by atoms with van der Waals surface area (Å²) in [6.07, 6.45) is 0. The minimum atomic E-state index is 0.892. The number of nitrogens with zero attached hydrogens (tertiary/aromatic N) is 1. The molecule has 0 aliphatic carbocycles. The maximum absolute atomic E-state index is 6.51. The molecule has 0 N–H and O–H groups in total. The average molecular weight is 896 g/mol. The van der Waals surface area contributed by atoms with Crippen LogP contribution in [0.1, 0.15) is 0 Å². The fraction of sp³-hybridized carbons (Fsp3) is 0. The highest BCUT2D eigenvalue weighted by atomic mass is 32.1. The van der Waals surface area contributed by atoms with Gasteiger partial charge < -0.3 is 9.32 Å². The van der Waals surface area contributed by atoms with Gasteiger partial charge in [-0.3, -0.25) is 0 Å². The topological polar surface area (TPSA) is 16.4 Å². The zero-order chi connectivity index (χ0) is 45.4. The molecule has 322 valence electrons. The summed E-state index contributed by atoms with van der Waals surface area (Å²) in [7, 11) is 0. The van der Waals surface area contributed by atoms with Crippen molar-refractivity contribution >= 4 is 103 Å². The van der Waals surface area contributed by atoms with Crippen LogP contribution in [-0.4, -0.2) is 0 Å². The second kappa shape index (κ2) is 16.0. The van der Waals surface area contributed by atoms with Gasteiger partial charge >= 0.3 is 0 Å². The van der Waals surface area contributed by atoms with Crippen LogP contribution >= 0.6 is 11.3 Å². The van der Waals surface area contributed by atoms with Crippen molar-refractivity contribution in [3.8, 4) is 44.5 Å². The predicted octanol–water partition coefficient (Wildman–Crippen LogP) is 19.6. The Morgan fingerprint density at radius 1 is 0.290 bits per heavy atom. The number of furan rings is 1. The maximum Gasteiger partial charge on any atom is 0.136 e. The molecule has 2 nitrogen and oxygen atoms in total. The SMILES string of the molecule is c1ccc(-c2cc(-c3ccccc3)c3cccc(N(c4ccc(-c5ccc6c(c5)oc5ccc7ccccc7c56)cc4)c4ccc(-c5ccc6c(c5)sc5ccc7ccccc7c56)cc4)c3c2)cc1. The van der Waals surface area contributed by atoms with E-state index in [4.69, 9.17) is 4.42 Å². The van der Waals surface area contributed by atoms with Gasteiger partial charge in [0.2, 0.25) is 0 Å². The summed E-state index contributed by atoms with van der Waals surface area (Å²) in [6.45, 7) is 0. The zero-order valence-electron chi connectivity index (χ0n) is 37.4. The number of fused-ring (bicyclic) bond motifs is 11. The first-order valence-corrected chi connectivity index (χ1v) is 24.4. The Hall–Kier alpha value is -8.76. The molecule has 0 amide bonds. The normalized spacial score (nSPS) is 11.8. The van der Waals surface area contributed by atoms with Crippen molar-refractivity contribution in [1.29, 1.82) is 0 Å². The first-order valence-electron chi connectivity index (χ1n) is 23.6. The molecule has 0 atom stereocenters. The minimum Gasteiger partial charge on any atom is -0.456 e. The number of thiophene rings is 1. The third-order valence-electron chi connectivity index (χ3n) is 14.0. The number of rotatable bonds is 7. The molecule has 14 rings (SSSR count). The molecule has 0 fully saturated rings. The Bertz CT molecular complexity index is 4090. The van der Waals surface area contributed by atoms with Crippen molar-refractivity contribution in [1.82, 2.24) is 0 Å². The first-order chi connectivity index (χ1) is 34.2. The second-order valence-electron chi connectivity index (χ2n) is 18.0. The largest absolute Gasteiger partial charge is 0.456 e. The van der Waals surface area contributed by atoms with Gasteiger partial charge in [-0.2, -0.15) is 0 Å². The lowest BCUT2D eigenvalue weighted by Crippen LogP contribution is -2.10. The predicted molar refractivity (Wildman–Crippen MR) is 296 cm³/mol. The minimum absolute atomic E-state index is 0.892. The lowest BCUT2D eigenvalue weighted by Gasteiger charge is -2.28. The molecule has 2 heterocycles. The lowest BCUT2D eigenvalue weighted by molar-refractivity contribution is 0.669. The van der Waals surface area contributed by atoms with Crippen molar-refractivity contribution in [2.45, 2.75) is 0 Å². The van der Waals surface area contributed by atoms with Crippen LogP contribution in [0.4, 0.5) is 17.1 Å². The molecule has 14 aromatic rings. The fourth-order valence-corrected chi connectivity index (χ4v) is 11.9. The molecule has 0 saturated carbocycles. The van der Waals surface area contributed by atoms with Crippen molar-refractivity contribution in [3.63, 3.8) is 0 Å². The summed E-state index contributed by atoms with van der Waals surface area (Å²) in [6, 6.07) is 90.7. The van der Waals surface area contributed by atoms with Crippen LogP contribution in [0.2, 0.25) is 0 Å². The van der Waals surface area contributed by atoms with E-state index < -0.39 is 0 Å². The van der Waals surface area contributed by atoms with Gasteiger partial charge in [0, 0.05) is 47.7 Å². The Kier molecular flexibility index (Phi) is 9.11. The zero-order valence-corrected chi connectivity index (χ0v) is 38.3. The maximum atomic E-state index is 6.51. The van der Waals surface area contributed by atoms with Gasteiger partial charge in [0.15, 0.2) is 0 Å². The highest BCUT2D eigenvalue weighted by Gasteiger charge is 2.20. The molecule has 0 unspecified atom stereocenters. The molecular weight excluding hydrogens is 855 g/mol. The van der Waals surface area contributed by atoms with Crippen LogP contribution < -0.4 is 4.90 Å². The summed E-state index contributed by atoms with van der Waals surface area (Å²) < 4.78 is 9.13. The van der Waals surface area contributed by atoms with Crippen LogP contribution in [0.5, 0.6) is 0 Å². The molecule has 2 aromatic heterocycles. The Labute approximate surface area is 403 Å². The monoisotopic (exact) mass is 895 g/mol. The third-order valence-corrected chi connectivity index (χ3v) is 15.2. The van der Waals surface area contributed by atoms with Gasteiger partial charge in [-0.25, -0.2) is 0 Å². The van der Waals surface area contributed by atoms with E-state index in [1.807, 2.05) is 11.3 Å². The van der Waals surface area contributed by atoms with Crippen molar-refractivity contribution < 1.29 is 4.42 Å². The smallest absolute Gasteiger partial charge is 0.136 e. The van der Waals surface area contributed by atoms with Gasteiger partial charge in [0.05, 0.1) is 5.69 Å². The van der Waals surface area contributed by atoms with E-state index in [0.717, 1.165) is 44.7 Å². The number of hydrogen-bond donors (Lipinski definition) is 0. The van der Waals surface area contributed by atoms with E-state index in [1.54, 1.807) is 0 Å². The summed E-state index contributed by atoms with van der Waals surface area (Å²) >= 11 is 1.88. The summed E-state index contributed by atoms with van der Waals surface area (Å²) in [4.78, 5) is 2.42. The van der Waals surface area contributed by atoms with Crippen molar-refractivity contribution in [3.05, 3.63) is 249 Å². The molecule has 69 heavy (non-hydrogen) atoms. The fourth-order valence-electron chi connectivity index (χ4n) is 10.7. The lowest BCUT2D eigenvalue weighted by atomic mass is 9.92. The summed E-state index contributed by atoms with van der Waals surface area (Å²) in [5, 5.41) is 12.4. The van der Waals surface area contributed by atoms with Gasteiger partial charge in [-0.15, -0.1) is 11.3 Å². The molecule has 0 aliphatic rings. The molecule has 0 spiro atoms. The number of hydrogen-bond acceptors (Lipinski definition) is 3. The highest BCUT2D eigenvalue weighted by molar-refractivity contribution is 7.26. The Morgan fingerprint density at radius 3 is 1.57 bits per heavy atom. The van der Waals surface area contributed by atoms with E-state index >= 15 is 0 Å². The Morgan fingerprint density at radius 2 is 0.855 bits per heavy atom. The summed E-state index contributed by atoms with van der Waals surface area (Å²) in [5.41, 5.74) is 14.5. The van der Waals surface area contributed by atoms with Crippen molar-refractivity contribution in [2.75, 3.05) is 4.90 Å². The van der Waals surface area contributed by atoms with E-state index in [0.29, 0.717) is 0 Å². The van der Waals surface area contributed by atoms with Gasteiger partial charge in [-0.1, -0.05) is 176 Å². The van der Waals surface area contributed by atoms with Crippen LogP contribution in [0.25, 0.3) is 119 Å². The first kappa shape index (κ1) is 39.4. The van der Waals surface area contributed by atoms with Gasteiger partial charge in [0.1, 0.15) is 11.2 Å². The average Bonchev–Trinajstić information content (AvgIpc) is 4.00. The van der Waals surface area contributed by atoms with Crippen LogP contribution in [0, 0.1) is 0 Å². The highest BCUT2D eigenvalue weighted by Crippen LogP contribution is 2.46. The summed E-state index contributed by atoms with van der Waals surface area (Å²) in [5.74, 6) is 0. The van der Waals surface area contributed by atoms with Crippen LogP contribution in [0.3, 0.4) is 0 Å². The molecule has 0 saturated heterocycles. The Balaban J connectivity index is 0.906. The van der Waals surface area contributed by atoms with Gasteiger partial charge in [0.25, 0.3) is 0 Å². The van der Waals surface area contributed by atoms with E-state index in [9.17, 15) is 0 Å². The molecule has 0 bridgehead atoms. The van der Waals surface area contributed by atoms with Crippen LogP contribution in [0.15, 0.2) is 253 Å². The third kappa shape index (κ3) is 6.62. The molecule has 12 aromatic carbocycles. The number of anilines is 3. The molecule has 0 aliphatic heterocycles. The van der Waals surface area contributed by atoms with Crippen molar-refractivity contribution in [2.24, 2.45) is 0 Å². The standard InChI is InChI=1S/C66H41NOS/c1-3-12-42(13-4-1)50-38-58(45-14-5-2-6-15-45)55-20-11-21-60(59(55)39-50)67(51-30-22-43(23-31-51)48-26-34-56-62(40-48)68-61-36-28-46-16-7-9-18-53(46)65(56)61)52-32-24-44(25-33-52)49-27-35-57-64(41-49)69-63-37-29-47-17-8-10-19-54(47)66(57)63/h1-41H.